The van der Waals surface area contributed by atoms with Gasteiger partial charge in [0.05, 0.1) is 35.3 Å². The third kappa shape index (κ3) is 2.65. The molecule has 1 aromatic carbocycles. The van der Waals surface area contributed by atoms with E-state index in [2.05, 4.69) is 11.8 Å². The molecule has 2 aromatic rings. The highest BCUT2D eigenvalue weighted by atomic mass is 35.5. The zero-order valence-corrected chi connectivity index (χ0v) is 15.1. The quantitative estimate of drug-likeness (QED) is 0.774. The number of aromatic hydroxyl groups is 1. The van der Waals surface area contributed by atoms with E-state index >= 15 is 0 Å². The van der Waals surface area contributed by atoms with Crippen LogP contribution in [0.4, 0.5) is 0 Å². The van der Waals surface area contributed by atoms with Gasteiger partial charge in [-0.2, -0.15) is 0 Å². The number of benzene rings is 1. The average molecular weight is 379 g/mol. The molecule has 0 saturated carbocycles. The third-order valence-corrected chi connectivity index (χ3v) is 5.31. The van der Waals surface area contributed by atoms with Crippen molar-refractivity contribution in [3.05, 3.63) is 38.1 Å². The number of aromatic nitrogens is 2. The Morgan fingerprint density at radius 1 is 1.12 bits per heavy atom. The first-order valence-electron chi connectivity index (χ1n) is 8.09. The van der Waals surface area contributed by atoms with Crippen molar-refractivity contribution in [2.45, 2.75) is 45.1 Å². The molecule has 2 atom stereocenters. The molecule has 2 unspecified atom stereocenters. The lowest BCUT2D eigenvalue weighted by atomic mass is 10.1. The highest BCUT2D eigenvalue weighted by molar-refractivity contribution is 6.39. The first-order chi connectivity index (χ1) is 12.0. The van der Waals surface area contributed by atoms with Gasteiger partial charge in [-0.3, -0.25) is 4.79 Å². The summed E-state index contributed by atoms with van der Waals surface area (Å²) in [7, 11) is 0. The second-order valence-corrected chi connectivity index (χ2v) is 7.13. The van der Waals surface area contributed by atoms with Crippen molar-refractivity contribution in [1.82, 2.24) is 9.36 Å². The summed E-state index contributed by atoms with van der Waals surface area (Å²) in [4.78, 5) is 13.0. The van der Waals surface area contributed by atoms with E-state index < -0.39 is 0 Å². The van der Waals surface area contributed by atoms with E-state index in [0.29, 0.717) is 34.3 Å². The molecular weight excluding hydrogens is 363 g/mol. The van der Waals surface area contributed by atoms with Crippen LogP contribution in [0.2, 0.25) is 10.0 Å². The molecule has 7 heteroatoms. The Labute approximate surface area is 154 Å². The van der Waals surface area contributed by atoms with E-state index in [4.69, 9.17) is 27.9 Å². The average Bonchev–Trinajstić information content (AvgIpc) is 2.99. The largest absolute Gasteiger partial charge is 0.493 e. The normalized spacial score (nSPS) is 21.4. The number of hydrogen-bond acceptors (Lipinski definition) is 3. The van der Waals surface area contributed by atoms with Crippen LogP contribution < -0.4 is 5.56 Å². The molecule has 1 saturated heterocycles. The molecule has 2 aliphatic rings. The minimum Gasteiger partial charge on any atom is -0.493 e. The fourth-order valence-electron chi connectivity index (χ4n) is 3.63. The molecule has 0 spiro atoms. The predicted octanol–water partition coefficient (Wildman–Crippen LogP) is 3.26. The van der Waals surface area contributed by atoms with Crippen LogP contribution in [0.1, 0.15) is 25.3 Å². The second-order valence-electron chi connectivity index (χ2n) is 6.32. The lowest BCUT2D eigenvalue weighted by Crippen LogP contribution is -2.28. The zero-order valence-electron chi connectivity index (χ0n) is 13.6. The van der Waals surface area contributed by atoms with Crippen LogP contribution >= 0.6 is 23.2 Å². The monoisotopic (exact) mass is 378 g/mol. The molecule has 3 heterocycles. The maximum atomic E-state index is 13.0. The van der Waals surface area contributed by atoms with E-state index in [-0.39, 0.29) is 29.2 Å². The SMILES string of the molecule is CC#Cc1cc(Cl)c(-c2c(O)n3n(c2=O)CC2CCC(C3)O2)c(Cl)c1. The highest BCUT2D eigenvalue weighted by Crippen LogP contribution is 2.39. The fraction of sp³-hybridized carbons (Fsp3) is 0.389. The number of halogens is 2. The van der Waals surface area contributed by atoms with Crippen LogP contribution in [-0.2, 0) is 17.8 Å². The first-order valence-corrected chi connectivity index (χ1v) is 8.85. The molecule has 5 nitrogen and oxygen atoms in total. The van der Waals surface area contributed by atoms with E-state index in [9.17, 15) is 9.90 Å². The van der Waals surface area contributed by atoms with Crippen LogP contribution in [0, 0.1) is 11.8 Å². The molecule has 2 bridgehead atoms. The van der Waals surface area contributed by atoms with Gasteiger partial charge in [0.15, 0.2) is 0 Å². The highest BCUT2D eigenvalue weighted by Gasteiger charge is 2.34. The van der Waals surface area contributed by atoms with Crippen LogP contribution in [0.25, 0.3) is 11.1 Å². The van der Waals surface area contributed by atoms with Gasteiger partial charge in [-0.25, -0.2) is 9.36 Å². The zero-order chi connectivity index (χ0) is 17.7. The second kappa shape index (κ2) is 6.14. The molecule has 1 N–H and O–H groups in total. The molecule has 0 radical (unpaired) electrons. The molecule has 1 fully saturated rings. The van der Waals surface area contributed by atoms with Crippen molar-refractivity contribution in [2.24, 2.45) is 0 Å². The molecule has 1 aromatic heterocycles. The number of ether oxygens (including phenoxy) is 1. The van der Waals surface area contributed by atoms with E-state index in [1.54, 1.807) is 23.7 Å². The Bertz CT molecular complexity index is 958. The van der Waals surface area contributed by atoms with Gasteiger partial charge in [0, 0.05) is 11.1 Å². The Balaban J connectivity index is 1.91. The maximum absolute atomic E-state index is 13.0. The van der Waals surface area contributed by atoms with Crippen molar-refractivity contribution < 1.29 is 9.84 Å². The molecular formula is C18H16Cl2N2O3. The third-order valence-electron chi connectivity index (χ3n) is 4.72. The van der Waals surface area contributed by atoms with Gasteiger partial charge in [-0.15, -0.1) is 5.92 Å². The van der Waals surface area contributed by atoms with Gasteiger partial charge >= 0.3 is 0 Å². The first kappa shape index (κ1) is 16.6. The van der Waals surface area contributed by atoms with Gasteiger partial charge in [0.25, 0.3) is 5.56 Å². The van der Waals surface area contributed by atoms with Crippen molar-refractivity contribution in [1.29, 1.82) is 0 Å². The molecule has 0 aliphatic carbocycles. The minimum absolute atomic E-state index is 0.000696. The number of nitrogens with zero attached hydrogens (tertiary/aromatic N) is 2. The van der Waals surface area contributed by atoms with Crippen molar-refractivity contribution in [3.8, 4) is 28.8 Å². The predicted molar refractivity (Wildman–Crippen MR) is 96.3 cm³/mol. The summed E-state index contributed by atoms with van der Waals surface area (Å²) in [6.07, 6.45) is 1.86. The van der Waals surface area contributed by atoms with Crippen LogP contribution in [0.3, 0.4) is 0 Å². The number of rotatable bonds is 1. The summed E-state index contributed by atoms with van der Waals surface area (Å²) in [6.45, 7) is 2.57. The van der Waals surface area contributed by atoms with Gasteiger partial charge in [-0.1, -0.05) is 29.1 Å². The Morgan fingerprint density at radius 2 is 1.72 bits per heavy atom. The van der Waals surface area contributed by atoms with E-state index in [0.717, 1.165) is 12.8 Å². The van der Waals surface area contributed by atoms with Crippen LogP contribution in [0.5, 0.6) is 5.88 Å². The minimum atomic E-state index is -0.313. The summed E-state index contributed by atoms with van der Waals surface area (Å²) in [5, 5.41) is 11.3. The topological polar surface area (TPSA) is 56.4 Å². The van der Waals surface area contributed by atoms with Crippen LogP contribution in [-0.4, -0.2) is 26.7 Å². The standard InChI is InChI=1S/C18H16Cl2N2O3/c1-2-3-10-6-13(19)15(14(20)7-10)16-17(23)21-8-11-4-5-12(25-11)9-22(21)18(16)24/h6-7,11-12,23H,4-5,8-9H2,1H3. The molecule has 2 aliphatic heterocycles. The molecule has 0 amide bonds. The van der Waals surface area contributed by atoms with E-state index in [1.165, 1.54) is 4.68 Å². The van der Waals surface area contributed by atoms with Gasteiger partial charge in [0.1, 0.15) is 5.56 Å². The molecule has 25 heavy (non-hydrogen) atoms. The Kier molecular flexibility index (Phi) is 4.07. The van der Waals surface area contributed by atoms with Gasteiger partial charge in [-0.05, 0) is 31.9 Å². The molecule has 4 rings (SSSR count). The fourth-order valence-corrected chi connectivity index (χ4v) is 4.30. The lowest BCUT2D eigenvalue weighted by Gasteiger charge is -2.13. The smallest absolute Gasteiger partial charge is 0.278 e. The summed E-state index contributed by atoms with van der Waals surface area (Å²) < 4.78 is 8.96. The van der Waals surface area contributed by atoms with Crippen molar-refractivity contribution in [3.63, 3.8) is 0 Å². The lowest BCUT2D eigenvalue weighted by molar-refractivity contribution is 0.0430. The van der Waals surface area contributed by atoms with Crippen molar-refractivity contribution >= 4 is 23.2 Å². The molecule has 130 valence electrons. The summed E-state index contributed by atoms with van der Waals surface area (Å²) >= 11 is 12.7. The summed E-state index contributed by atoms with van der Waals surface area (Å²) in [5.74, 6) is 5.55. The summed E-state index contributed by atoms with van der Waals surface area (Å²) in [6, 6.07) is 3.30. The van der Waals surface area contributed by atoms with Crippen molar-refractivity contribution in [2.75, 3.05) is 0 Å². The number of fused-ring (bicyclic) bond motifs is 3. The Morgan fingerprint density at radius 3 is 2.32 bits per heavy atom. The maximum Gasteiger partial charge on any atom is 0.278 e. The number of hydrogen-bond donors (Lipinski definition) is 1. The van der Waals surface area contributed by atoms with Gasteiger partial charge in [0.2, 0.25) is 5.88 Å². The summed E-state index contributed by atoms with van der Waals surface area (Å²) in [5.41, 5.74) is 0.820. The van der Waals surface area contributed by atoms with E-state index in [1.807, 2.05) is 0 Å². The van der Waals surface area contributed by atoms with Gasteiger partial charge < -0.3 is 9.84 Å². The van der Waals surface area contributed by atoms with Crippen LogP contribution in [0.15, 0.2) is 16.9 Å². The Hall–Kier alpha value is -1.87.